The molecule has 1 aromatic carbocycles. The van der Waals surface area contributed by atoms with Crippen molar-refractivity contribution in [2.75, 3.05) is 24.7 Å². The average molecular weight is 611 g/mol. The van der Waals surface area contributed by atoms with Gasteiger partial charge in [-0.15, -0.1) is 0 Å². The summed E-state index contributed by atoms with van der Waals surface area (Å²) in [5.74, 6) is -0.509. The predicted octanol–water partition coefficient (Wildman–Crippen LogP) is 3.32. The van der Waals surface area contributed by atoms with Crippen molar-refractivity contribution in [2.24, 2.45) is 5.16 Å². The number of carbonyl (C=O) groups excluding carboxylic acids is 1. The summed E-state index contributed by atoms with van der Waals surface area (Å²) in [4.78, 5) is 24.3. The number of oxime groups is 1. The molecule has 3 fully saturated rings. The van der Waals surface area contributed by atoms with E-state index in [9.17, 15) is 21.6 Å². The first kappa shape index (κ1) is 29.1. The minimum atomic E-state index is -3.34. The van der Waals surface area contributed by atoms with Gasteiger partial charge in [-0.2, -0.15) is 0 Å². The molecule has 2 aliphatic carbocycles. The molecule has 0 bridgehead atoms. The Morgan fingerprint density at radius 1 is 1.02 bits per heavy atom. The van der Waals surface area contributed by atoms with Gasteiger partial charge in [-0.1, -0.05) is 28.6 Å². The molecule has 0 spiro atoms. The fraction of sp³-hybridized carbons (Fsp3) is 0.577. The van der Waals surface area contributed by atoms with Crippen molar-refractivity contribution in [3.05, 3.63) is 40.9 Å². The highest BCUT2D eigenvalue weighted by atomic mass is 32.2. The summed E-state index contributed by atoms with van der Waals surface area (Å²) in [6.07, 6.45) is 9.21. The number of thiazole rings is 1. The highest BCUT2D eigenvalue weighted by molar-refractivity contribution is 7.92. The van der Waals surface area contributed by atoms with Crippen LogP contribution < -0.4 is 5.32 Å². The smallest absolute Gasteiger partial charge is 0.280 e. The molecule has 2 saturated carbocycles. The zero-order chi connectivity index (χ0) is 28.3. The number of piperidine rings is 1. The Morgan fingerprint density at radius 2 is 1.70 bits per heavy atom. The number of hydrogen-bond donors (Lipinski definition) is 1. The summed E-state index contributed by atoms with van der Waals surface area (Å²) in [5.41, 5.74) is 0.499. The van der Waals surface area contributed by atoms with Gasteiger partial charge in [0.05, 0.1) is 34.0 Å². The standard InChI is InChI=1S/C26H34N4O7S3/c1-39(32,33)30-14-12-19(13-15-30)36-17-21-16-27-26(38-21)28-25(31)24(29-37-20-4-2-3-5-20)18-6-8-22(9-7-18)40(34,35)23-10-11-23/h6-9,16,19-20,23H,2-5,10-15,17H2,1H3,(H,27,28,31). The number of sulfone groups is 1. The number of carbonyl (C=O) groups is 1. The molecular weight excluding hydrogens is 577 g/mol. The lowest BCUT2D eigenvalue weighted by Crippen LogP contribution is -2.40. The van der Waals surface area contributed by atoms with Gasteiger partial charge in [0.25, 0.3) is 5.91 Å². The molecule has 1 N–H and O–H groups in total. The Hall–Kier alpha value is -2.39. The molecule has 11 nitrogen and oxygen atoms in total. The van der Waals surface area contributed by atoms with E-state index in [1.54, 1.807) is 18.3 Å². The predicted molar refractivity (Wildman–Crippen MR) is 151 cm³/mol. The summed E-state index contributed by atoms with van der Waals surface area (Å²) in [5, 5.41) is 7.04. The first-order chi connectivity index (χ1) is 19.1. The van der Waals surface area contributed by atoms with Crippen molar-refractivity contribution >= 4 is 47.9 Å². The number of ether oxygens (including phenoxy) is 1. The van der Waals surface area contributed by atoms with E-state index in [1.807, 2.05) is 0 Å². The van der Waals surface area contributed by atoms with E-state index in [1.165, 1.54) is 34.0 Å². The van der Waals surface area contributed by atoms with E-state index in [0.717, 1.165) is 30.6 Å². The van der Waals surface area contributed by atoms with Gasteiger partial charge in [-0.3, -0.25) is 10.1 Å². The molecule has 5 rings (SSSR count). The van der Waals surface area contributed by atoms with Crippen LogP contribution in [-0.4, -0.2) is 74.5 Å². The van der Waals surface area contributed by atoms with E-state index < -0.39 is 25.8 Å². The van der Waals surface area contributed by atoms with Crippen molar-refractivity contribution in [1.29, 1.82) is 0 Å². The zero-order valence-corrected chi connectivity index (χ0v) is 24.8. The average Bonchev–Trinajstić information content (AvgIpc) is 3.50. The number of aromatic nitrogens is 1. The molecular formula is C26H34N4O7S3. The second kappa shape index (κ2) is 12.2. The third kappa shape index (κ3) is 7.27. The third-order valence-electron chi connectivity index (χ3n) is 7.34. The molecule has 2 aromatic rings. The molecule has 2 heterocycles. The van der Waals surface area contributed by atoms with Crippen molar-refractivity contribution in [3.8, 4) is 0 Å². The lowest BCUT2D eigenvalue weighted by molar-refractivity contribution is -0.110. The number of anilines is 1. The van der Waals surface area contributed by atoms with E-state index in [2.05, 4.69) is 15.5 Å². The summed E-state index contributed by atoms with van der Waals surface area (Å²) in [6, 6.07) is 6.20. The van der Waals surface area contributed by atoms with Crippen molar-refractivity contribution < 1.29 is 31.2 Å². The lowest BCUT2D eigenvalue weighted by atomic mass is 10.1. The Bertz CT molecular complexity index is 1440. The Labute approximate surface area is 238 Å². The second-order valence-corrected chi connectivity index (χ2v) is 15.8. The molecule has 218 valence electrons. The summed E-state index contributed by atoms with van der Waals surface area (Å²) >= 11 is 1.28. The first-order valence-electron chi connectivity index (χ1n) is 13.5. The van der Waals surface area contributed by atoms with Crippen molar-refractivity contribution in [2.45, 2.75) is 80.3 Å². The molecule has 1 saturated heterocycles. The number of nitrogens with one attached hydrogen (secondary N) is 1. The molecule has 14 heteroatoms. The maximum Gasteiger partial charge on any atom is 0.280 e. The molecule has 1 aliphatic heterocycles. The van der Waals surface area contributed by atoms with Gasteiger partial charge in [-0.25, -0.2) is 26.1 Å². The van der Waals surface area contributed by atoms with Crippen LogP contribution in [0.2, 0.25) is 0 Å². The van der Waals surface area contributed by atoms with E-state index >= 15 is 0 Å². The number of sulfonamides is 1. The number of nitrogens with zero attached hydrogens (tertiary/aromatic N) is 3. The van der Waals surface area contributed by atoms with Crippen LogP contribution in [0.3, 0.4) is 0 Å². The lowest BCUT2D eigenvalue weighted by Gasteiger charge is -2.29. The molecule has 0 atom stereocenters. The highest BCUT2D eigenvalue weighted by Crippen LogP contribution is 2.33. The third-order valence-corrected chi connectivity index (χ3v) is 11.8. The van der Waals surface area contributed by atoms with Crippen LogP contribution in [0, 0.1) is 0 Å². The van der Waals surface area contributed by atoms with Crippen LogP contribution in [0.15, 0.2) is 40.5 Å². The Kier molecular flexibility index (Phi) is 8.90. The van der Waals surface area contributed by atoms with Crippen LogP contribution in [0.1, 0.15) is 61.8 Å². The quantitative estimate of drug-likeness (QED) is 0.301. The molecule has 1 aromatic heterocycles. The number of rotatable bonds is 11. The van der Waals surface area contributed by atoms with E-state index in [-0.39, 0.29) is 28.1 Å². The van der Waals surface area contributed by atoms with Crippen LogP contribution in [0.25, 0.3) is 0 Å². The van der Waals surface area contributed by atoms with E-state index in [0.29, 0.717) is 56.1 Å². The minimum absolute atomic E-state index is 0.0451. The normalized spacial score (nSPS) is 20.1. The molecule has 3 aliphatic rings. The number of hydrogen-bond acceptors (Lipinski definition) is 10. The first-order valence-corrected chi connectivity index (χ1v) is 17.7. The molecule has 0 radical (unpaired) electrons. The Balaban J connectivity index is 1.22. The topological polar surface area (TPSA) is 144 Å². The summed E-state index contributed by atoms with van der Waals surface area (Å²) in [6.45, 7) is 1.18. The number of amides is 1. The minimum Gasteiger partial charge on any atom is -0.392 e. The maximum atomic E-state index is 13.3. The van der Waals surface area contributed by atoms with Crippen LogP contribution in [0.5, 0.6) is 0 Å². The van der Waals surface area contributed by atoms with Gasteiger partial charge >= 0.3 is 0 Å². The molecule has 0 unspecified atom stereocenters. The van der Waals surface area contributed by atoms with Crippen molar-refractivity contribution in [1.82, 2.24) is 9.29 Å². The molecule has 40 heavy (non-hydrogen) atoms. The highest BCUT2D eigenvalue weighted by Gasteiger charge is 2.37. The monoisotopic (exact) mass is 610 g/mol. The second-order valence-electron chi connectivity index (χ2n) is 10.5. The molecule has 1 amide bonds. The fourth-order valence-corrected chi connectivity index (χ4v) is 8.10. The van der Waals surface area contributed by atoms with Crippen LogP contribution >= 0.6 is 11.3 Å². The summed E-state index contributed by atoms with van der Waals surface area (Å²) < 4.78 is 56.0. The fourth-order valence-electron chi connectivity index (χ4n) is 4.84. The Morgan fingerprint density at radius 3 is 2.33 bits per heavy atom. The zero-order valence-electron chi connectivity index (χ0n) is 22.3. The largest absolute Gasteiger partial charge is 0.392 e. The van der Waals surface area contributed by atoms with Gasteiger partial charge in [0, 0.05) is 24.8 Å². The van der Waals surface area contributed by atoms with Gasteiger partial charge < -0.3 is 9.57 Å². The van der Waals surface area contributed by atoms with Crippen LogP contribution in [-0.2, 0) is 40.8 Å². The SMILES string of the molecule is CS(=O)(=O)N1CCC(OCc2cnc(NC(=O)C(=NOC3CCCC3)c3ccc(S(=O)(=O)C4CC4)cc3)s2)CC1. The van der Waals surface area contributed by atoms with Crippen LogP contribution in [0.4, 0.5) is 5.13 Å². The number of benzene rings is 1. The maximum absolute atomic E-state index is 13.3. The van der Waals surface area contributed by atoms with Gasteiger partial charge in [0.2, 0.25) is 10.0 Å². The summed E-state index contributed by atoms with van der Waals surface area (Å²) in [7, 11) is -6.53. The van der Waals surface area contributed by atoms with Gasteiger partial charge in [0.1, 0.15) is 6.10 Å². The van der Waals surface area contributed by atoms with Crippen molar-refractivity contribution in [3.63, 3.8) is 0 Å². The van der Waals surface area contributed by atoms with E-state index in [4.69, 9.17) is 9.57 Å². The van der Waals surface area contributed by atoms with Gasteiger partial charge in [0.15, 0.2) is 20.7 Å². The van der Waals surface area contributed by atoms with Gasteiger partial charge in [-0.05, 0) is 63.5 Å².